The number of nitrogens with zero attached hydrogens (tertiary/aromatic N) is 1. The molecule has 2 heterocycles. The van der Waals surface area contributed by atoms with Crippen molar-refractivity contribution >= 4 is 11.9 Å². The molecule has 0 saturated carbocycles. The van der Waals surface area contributed by atoms with Crippen LogP contribution in [0.15, 0.2) is 42.5 Å². The fourth-order valence-electron chi connectivity index (χ4n) is 4.94. The van der Waals surface area contributed by atoms with E-state index < -0.39 is 5.92 Å². The molecule has 35 heavy (non-hydrogen) atoms. The number of amides is 1. The number of benzene rings is 2. The third-order valence-corrected chi connectivity index (χ3v) is 6.64. The number of fused-ring (bicyclic) bond motifs is 1. The number of ether oxygens (including phenoxy) is 4. The summed E-state index contributed by atoms with van der Waals surface area (Å²) in [4.78, 5) is 28.3. The van der Waals surface area contributed by atoms with Gasteiger partial charge in [-0.25, -0.2) is 0 Å². The first kappa shape index (κ1) is 24.9. The maximum absolute atomic E-state index is 13.4. The summed E-state index contributed by atoms with van der Waals surface area (Å²) in [7, 11) is 1.62. The summed E-state index contributed by atoms with van der Waals surface area (Å²) >= 11 is 0. The molecule has 3 atom stereocenters. The van der Waals surface area contributed by atoms with Gasteiger partial charge in [0.05, 0.1) is 26.2 Å². The SMILES string of the molecule is CCCCNC(=O)CN1C[C@H](c2ccc3c(c2)OCO3)[C@@H](C(=O)OCC)[C@@H]1c1ccc(OC)cc1. The minimum Gasteiger partial charge on any atom is -0.497 e. The first-order valence-electron chi connectivity index (χ1n) is 12.3. The van der Waals surface area contributed by atoms with E-state index in [-0.39, 0.29) is 43.8 Å². The van der Waals surface area contributed by atoms with Gasteiger partial charge in [-0.2, -0.15) is 0 Å². The minimum absolute atomic E-state index is 0.0501. The van der Waals surface area contributed by atoms with E-state index in [2.05, 4.69) is 17.1 Å². The van der Waals surface area contributed by atoms with Crippen molar-refractivity contribution in [2.24, 2.45) is 5.92 Å². The normalized spacial score (nSPS) is 21.1. The van der Waals surface area contributed by atoms with Crippen molar-refractivity contribution in [3.63, 3.8) is 0 Å². The molecule has 188 valence electrons. The van der Waals surface area contributed by atoms with Gasteiger partial charge in [0, 0.05) is 25.0 Å². The summed E-state index contributed by atoms with van der Waals surface area (Å²) in [6.07, 6.45) is 1.94. The molecule has 8 nitrogen and oxygen atoms in total. The van der Waals surface area contributed by atoms with Crippen LogP contribution in [0, 0.1) is 5.92 Å². The number of esters is 1. The number of nitrogens with one attached hydrogen (secondary N) is 1. The molecule has 8 heteroatoms. The van der Waals surface area contributed by atoms with E-state index in [0.29, 0.717) is 24.6 Å². The van der Waals surface area contributed by atoms with Gasteiger partial charge in [-0.15, -0.1) is 0 Å². The molecule has 0 unspecified atom stereocenters. The monoisotopic (exact) mass is 482 g/mol. The van der Waals surface area contributed by atoms with Crippen molar-refractivity contribution in [1.82, 2.24) is 10.2 Å². The molecule has 1 amide bonds. The average Bonchev–Trinajstić information content (AvgIpc) is 3.48. The van der Waals surface area contributed by atoms with Gasteiger partial charge in [0.2, 0.25) is 12.7 Å². The molecule has 1 N–H and O–H groups in total. The Morgan fingerprint density at radius 2 is 1.80 bits per heavy atom. The van der Waals surface area contributed by atoms with Crippen molar-refractivity contribution in [3.8, 4) is 17.2 Å². The van der Waals surface area contributed by atoms with E-state index in [9.17, 15) is 9.59 Å². The Morgan fingerprint density at radius 3 is 2.51 bits per heavy atom. The maximum Gasteiger partial charge on any atom is 0.311 e. The number of hydrogen-bond donors (Lipinski definition) is 1. The summed E-state index contributed by atoms with van der Waals surface area (Å²) < 4.78 is 21.9. The number of methoxy groups -OCH3 is 1. The molecule has 1 saturated heterocycles. The number of likely N-dealkylation sites (tertiary alicyclic amines) is 1. The molecule has 0 spiro atoms. The Balaban J connectivity index is 1.70. The lowest BCUT2D eigenvalue weighted by Crippen LogP contribution is -2.38. The Kier molecular flexibility index (Phi) is 8.13. The summed E-state index contributed by atoms with van der Waals surface area (Å²) in [5, 5.41) is 3.01. The second-order valence-corrected chi connectivity index (χ2v) is 8.85. The van der Waals surface area contributed by atoms with E-state index in [4.69, 9.17) is 18.9 Å². The molecule has 2 aromatic carbocycles. The van der Waals surface area contributed by atoms with Crippen LogP contribution >= 0.6 is 0 Å². The molecule has 0 aromatic heterocycles. The van der Waals surface area contributed by atoms with Gasteiger partial charge in [-0.05, 0) is 48.7 Å². The third-order valence-electron chi connectivity index (χ3n) is 6.64. The van der Waals surface area contributed by atoms with Gasteiger partial charge >= 0.3 is 5.97 Å². The Bertz CT molecular complexity index is 1020. The van der Waals surface area contributed by atoms with Crippen LogP contribution in [0.25, 0.3) is 0 Å². The second-order valence-electron chi connectivity index (χ2n) is 8.85. The highest BCUT2D eigenvalue weighted by molar-refractivity contribution is 5.79. The fourth-order valence-corrected chi connectivity index (χ4v) is 4.94. The van der Waals surface area contributed by atoms with Crippen LogP contribution in [0.3, 0.4) is 0 Å². The summed E-state index contributed by atoms with van der Waals surface area (Å²) in [5.74, 6) is 1.10. The highest BCUT2D eigenvalue weighted by atomic mass is 16.7. The average molecular weight is 483 g/mol. The summed E-state index contributed by atoms with van der Waals surface area (Å²) in [6, 6.07) is 13.1. The minimum atomic E-state index is -0.493. The Hall–Kier alpha value is -3.26. The smallest absolute Gasteiger partial charge is 0.311 e. The summed E-state index contributed by atoms with van der Waals surface area (Å²) in [6.45, 7) is 5.73. The molecule has 2 aliphatic rings. The van der Waals surface area contributed by atoms with E-state index in [0.717, 1.165) is 29.7 Å². The van der Waals surface area contributed by atoms with Gasteiger partial charge in [0.25, 0.3) is 0 Å². The molecular formula is C27H34N2O6. The van der Waals surface area contributed by atoms with Crippen molar-refractivity contribution in [3.05, 3.63) is 53.6 Å². The lowest BCUT2D eigenvalue weighted by molar-refractivity contribution is -0.149. The lowest BCUT2D eigenvalue weighted by Gasteiger charge is -2.28. The van der Waals surface area contributed by atoms with E-state index >= 15 is 0 Å². The predicted molar refractivity (Wildman–Crippen MR) is 131 cm³/mol. The van der Waals surface area contributed by atoms with Crippen LogP contribution in [-0.2, 0) is 14.3 Å². The van der Waals surface area contributed by atoms with Crippen LogP contribution in [0.4, 0.5) is 0 Å². The largest absolute Gasteiger partial charge is 0.497 e. The van der Waals surface area contributed by atoms with Crippen molar-refractivity contribution in [2.75, 3.05) is 40.1 Å². The Morgan fingerprint density at radius 1 is 1.06 bits per heavy atom. The number of rotatable bonds is 10. The van der Waals surface area contributed by atoms with E-state index in [1.807, 2.05) is 49.4 Å². The molecule has 0 aliphatic carbocycles. The zero-order valence-electron chi connectivity index (χ0n) is 20.6. The zero-order valence-corrected chi connectivity index (χ0v) is 20.6. The molecule has 4 rings (SSSR count). The standard InChI is InChI=1S/C27H34N2O6/c1-4-6-13-28-24(30)16-29-15-21(19-9-12-22-23(14-19)35-17-34-22)25(27(31)33-5-2)26(29)18-7-10-20(32-3)11-8-18/h7-12,14,21,25-26H,4-6,13,15-17H2,1-3H3,(H,28,30)/t21-,25-,26+/m1/s1. The number of carbonyl (C=O) groups excluding carboxylic acids is 2. The van der Waals surface area contributed by atoms with E-state index in [1.54, 1.807) is 7.11 Å². The predicted octanol–water partition coefficient (Wildman–Crippen LogP) is 3.66. The Labute approximate surface area is 206 Å². The molecular weight excluding hydrogens is 448 g/mol. The summed E-state index contributed by atoms with van der Waals surface area (Å²) in [5.41, 5.74) is 1.90. The maximum atomic E-state index is 13.4. The van der Waals surface area contributed by atoms with Crippen LogP contribution in [-0.4, -0.2) is 56.9 Å². The van der Waals surface area contributed by atoms with Crippen LogP contribution < -0.4 is 19.5 Å². The zero-order chi connectivity index (χ0) is 24.8. The van der Waals surface area contributed by atoms with Gasteiger partial charge in [0.15, 0.2) is 11.5 Å². The third kappa shape index (κ3) is 5.53. The van der Waals surface area contributed by atoms with Gasteiger partial charge in [-0.1, -0.05) is 31.5 Å². The highest BCUT2D eigenvalue weighted by Gasteiger charge is 2.48. The molecule has 0 bridgehead atoms. The van der Waals surface area contributed by atoms with Crippen LogP contribution in [0.1, 0.15) is 49.8 Å². The molecule has 2 aromatic rings. The first-order chi connectivity index (χ1) is 17.0. The first-order valence-corrected chi connectivity index (χ1v) is 12.3. The van der Waals surface area contributed by atoms with Gasteiger partial charge in [-0.3, -0.25) is 14.5 Å². The van der Waals surface area contributed by atoms with Crippen LogP contribution in [0.2, 0.25) is 0 Å². The highest BCUT2D eigenvalue weighted by Crippen LogP contribution is 2.48. The molecule has 0 radical (unpaired) electrons. The number of hydrogen-bond acceptors (Lipinski definition) is 7. The van der Waals surface area contributed by atoms with Crippen molar-refractivity contribution in [1.29, 1.82) is 0 Å². The van der Waals surface area contributed by atoms with Crippen LogP contribution in [0.5, 0.6) is 17.2 Å². The number of carbonyl (C=O) groups is 2. The van der Waals surface area contributed by atoms with Gasteiger partial charge < -0.3 is 24.3 Å². The quantitative estimate of drug-likeness (QED) is 0.409. The molecule has 1 fully saturated rings. The van der Waals surface area contributed by atoms with Crippen molar-refractivity contribution in [2.45, 2.75) is 38.6 Å². The fraction of sp³-hybridized carbons (Fsp3) is 0.481. The van der Waals surface area contributed by atoms with Gasteiger partial charge in [0.1, 0.15) is 5.75 Å². The van der Waals surface area contributed by atoms with E-state index in [1.165, 1.54) is 0 Å². The van der Waals surface area contributed by atoms with Crippen molar-refractivity contribution < 1.29 is 28.5 Å². The lowest BCUT2D eigenvalue weighted by atomic mass is 9.82. The molecule has 2 aliphatic heterocycles. The second kappa shape index (κ2) is 11.4. The number of unbranched alkanes of at least 4 members (excludes halogenated alkanes) is 1. The topological polar surface area (TPSA) is 86.3 Å².